The number of rotatable bonds is 3. The van der Waals surface area contributed by atoms with E-state index in [0.29, 0.717) is 11.5 Å². The molecule has 0 radical (unpaired) electrons. The summed E-state index contributed by atoms with van der Waals surface area (Å²) in [6.45, 7) is -0.258. The van der Waals surface area contributed by atoms with E-state index < -0.39 is 5.97 Å². The largest absolute Gasteiger partial charge is 0.464 e. The highest BCUT2D eigenvalue weighted by atomic mass is 16.5. The predicted octanol–water partition coefficient (Wildman–Crippen LogP) is 1.42. The van der Waals surface area contributed by atoms with Gasteiger partial charge in [0.2, 0.25) is 0 Å². The third kappa shape index (κ3) is 2.52. The average Bonchev–Trinajstić information content (AvgIpc) is 2.46. The van der Waals surface area contributed by atoms with Crippen LogP contribution in [-0.2, 0) is 11.3 Å². The molecule has 0 saturated heterocycles. The molecule has 0 bridgehead atoms. The first-order valence-electron chi connectivity index (χ1n) is 5.37. The number of aliphatic hydroxyl groups is 1. The van der Waals surface area contributed by atoms with Crippen LogP contribution in [0.4, 0.5) is 0 Å². The van der Waals surface area contributed by atoms with Gasteiger partial charge < -0.3 is 9.84 Å². The van der Waals surface area contributed by atoms with Crippen LogP contribution in [-0.4, -0.2) is 28.2 Å². The highest BCUT2D eigenvalue weighted by Crippen LogP contribution is 2.16. The van der Waals surface area contributed by atoms with Gasteiger partial charge in [0.15, 0.2) is 11.5 Å². The molecule has 0 spiro atoms. The lowest BCUT2D eigenvalue weighted by molar-refractivity contribution is 0.0593. The molecule has 1 heterocycles. The summed E-state index contributed by atoms with van der Waals surface area (Å²) in [5.41, 5.74) is 1.29. The molecular formula is C13H12N2O3. The second kappa shape index (κ2) is 5.37. The Hall–Kier alpha value is -2.27. The molecule has 92 valence electrons. The van der Waals surface area contributed by atoms with Crippen molar-refractivity contribution in [1.82, 2.24) is 9.97 Å². The topological polar surface area (TPSA) is 72.3 Å². The molecule has 5 nitrogen and oxygen atoms in total. The summed E-state index contributed by atoms with van der Waals surface area (Å²) in [6.07, 6.45) is 0. The number of methoxy groups -OCH3 is 1. The van der Waals surface area contributed by atoms with Gasteiger partial charge in [-0.25, -0.2) is 14.8 Å². The molecule has 0 aliphatic rings. The second-order valence-electron chi connectivity index (χ2n) is 3.58. The van der Waals surface area contributed by atoms with Gasteiger partial charge >= 0.3 is 5.97 Å². The molecule has 1 aromatic heterocycles. The zero-order chi connectivity index (χ0) is 13.0. The van der Waals surface area contributed by atoms with E-state index in [2.05, 4.69) is 14.7 Å². The van der Waals surface area contributed by atoms with Gasteiger partial charge in [0.05, 0.1) is 19.4 Å². The van der Waals surface area contributed by atoms with E-state index in [4.69, 9.17) is 5.11 Å². The highest BCUT2D eigenvalue weighted by Gasteiger charge is 2.12. The summed E-state index contributed by atoms with van der Waals surface area (Å²) in [4.78, 5) is 19.8. The van der Waals surface area contributed by atoms with Crippen LogP contribution >= 0.6 is 0 Å². The Balaban J connectivity index is 2.51. The quantitative estimate of drug-likeness (QED) is 0.827. The molecule has 0 aliphatic carbocycles. The SMILES string of the molecule is COC(=O)c1cc(CO)nc(-c2ccccc2)n1. The highest BCUT2D eigenvalue weighted by molar-refractivity contribution is 5.87. The Morgan fingerprint density at radius 2 is 2.00 bits per heavy atom. The second-order valence-corrected chi connectivity index (χ2v) is 3.58. The molecule has 2 rings (SSSR count). The minimum atomic E-state index is -0.552. The fourth-order valence-corrected chi connectivity index (χ4v) is 1.50. The zero-order valence-electron chi connectivity index (χ0n) is 9.83. The van der Waals surface area contributed by atoms with Crippen molar-refractivity contribution in [3.8, 4) is 11.4 Å². The van der Waals surface area contributed by atoms with Gasteiger partial charge in [0.1, 0.15) is 0 Å². The van der Waals surface area contributed by atoms with E-state index in [1.165, 1.54) is 13.2 Å². The van der Waals surface area contributed by atoms with Crippen LogP contribution in [0.1, 0.15) is 16.2 Å². The molecule has 0 atom stereocenters. The number of benzene rings is 1. The van der Waals surface area contributed by atoms with Gasteiger partial charge in [-0.05, 0) is 6.07 Å². The van der Waals surface area contributed by atoms with E-state index in [0.717, 1.165) is 5.56 Å². The Kier molecular flexibility index (Phi) is 3.64. The molecule has 0 fully saturated rings. The summed E-state index contributed by atoms with van der Waals surface area (Å²) < 4.78 is 4.62. The minimum absolute atomic E-state index is 0.135. The molecule has 2 aromatic rings. The van der Waals surface area contributed by atoms with Crippen LogP contribution in [0.3, 0.4) is 0 Å². The number of carbonyl (C=O) groups is 1. The van der Waals surface area contributed by atoms with Crippen LogP contribution in [0.5, 0.6) is 0 Å². The molecule has 0 amide bonds. The normalized spacial score (nSPS) is 10.1. The van der Waals surface area contributed by atoms with E-state index in [-0.39, 0.29) is 12.3 Å². The smallest absolute Gasteiger partial charge is 0.356 e. The van der Waals surface area contributed by atoms with Crippen LogP contribution in [0, 0.1) is 0 Å². The molecule has 0 aliphatic heterocycles. The Bertz CT molecular complexity index is 555. The monoisotopic (exact) mass is 244 g/mol. The maximum Gasteiger partial charge on any atom is 0.356 e. The van der Waals surface area contributed by atoms with Crippen molar-refractivity contribution in [2.45, 2.75) is 6.61 Å². The predicted molar refractivity (Wildman–Crippen MR) is 64.7 cm³/mol. The third-order valence-corrected chi connectivity index (χ3v) is 2.37. The first-order chi connectivity index (χ1) is 8.74. The fraction of sp³-hybridized carbons (Fsp3) is 0.154. The number of aliphatic hydroxyl groups excluding tert-OH is 1. The molecule has 1 aromatic carbocycles. The Morgan fingerprint density at radius 1 is 1.28 bits per heavy atom. The van der Waals surface area contributed by atoms with Gasteiger partial charge in [-0.2, -0.15) is 0 Å². The van der Waals surface area contributed by atoms with Crippen LogP contribution in [0.2, 0.25) is 0 Å². The Labute approximate surface area is 104 Å². The van der Waals surface area contributed by atoms with Gasteiger partial charge in [-0.15, -0.1) is 0 Å². The van der Waals surface area contributed by atoms with Crippen molar-refractivity contribution in [2.24, 2.45) is 0 Å². The van der Waals surface area contributed by atoms with Crippen LogP contribution < -0.4 is 0 Å². The zero-order valence-corrected chi connectivity index (χ0v) is 9.83. The number of nitrogens with zero attached hydrogens (tertiary/aromatic N) is 2. The van der Waals surface area contributed by atoms with Crippen molar-refractivity contribution in [1.29, 1.82) is 0 Å². The van der Waals surface area contributed by atoms with Gasteiger partial charge in [0.25, 0.3) is 0 Å². The number of ether oxygens (including phenoxy) is 1. The lowest BCUT2D eigenvalue weighted by Gasteiger charge is -2.05. The van der Waals surface area contributed by atoms with E-state index in [9.17, 15) is 4.79 Å². The van der Waals surface area contributed by atoms with Crippen molar-refractivity contribution >= 4 is 5.97 Å². The molecular weight excluding hydrogens is 232 g/mol. The van der Waals surface area contributed by atoms with Gasteiger partial charge in [-0.1, -0.05) is 30.3 Å². The number of hydrogen-bond acceptors (Lipinski definition) is 5. The molecule has 0 unspecified atom stereocenters. The number of aromatic nitrogens is 2. The lowest BCUT2D eigenvalue weighted by atomic mass is 10.2. The number of carbonyl (C=O) groups excluding carboxylic acids is 1. The number of esters is 1. The summed E-state index contributed by atoms with van der Waals surface area (Å²) in [7, 11) is 1.28. The van der Waals surface area contributed by atoms with Crippen molar-refractivity contribution in [3.05, 3.63) is 47.8 Å². The first-order valence-corrected chi connectivity index (χ1v) is 5.37. The van der Waals surface area contributed by atoms with E-state index in [1.807, 2.05) is 30.3 Å². The van der Waals surface area contributed by atoms with Crippen LogP contribution in [0.25, 0.3) is 11.4 Å². The van der Waals surface area contributed by atoms with Gasteiger partial charge in [-0.3, -0.25) is 0 Å². The van der Waals surface area contributed by atoms with Crippen molar-refractivity contribution in [3.63, 3.8) is 0 Å². The number of hydrogen-bond donors (Lipinski definition) is 1. The Morgan fingerprint density at radius 3 is 2.61 bits per heavy atom. The minimum Gasteiger partial charge on any atom is -0.464 e. The van der Waals surface area contributed by atoms with Crippen molar-refractivity contribution in [2.75, 3.05) is 7.11 Å². The van der Waals surface area contributed by atoms with Crippen molar-refractivity contribution < 1.29 is 14.6 Å². The van der Waals surface area contributed by atoms with Gasteiger partial charge in [0, 0.05) is 5.56 Å². The van der Waals surface area contributed by atoms with E-state index >= 15 is 0 Å². The standard InChI is InChI=1S/C13H12N2O3/c1-18-13(17)11-7-10(8-16)14-12(15-11)9-5-3-2-4-6-9/h2-7,16H,8H2,1H3. The molecule has 1 N–H and O–H groups in total. The summed E-state index contributed by atoms with van der Waals surface area (Å²) in [5.74, 6) is -0.160. The molecule has 18 heavy (non-hydrogen) atoms. The first kappa shape index (κ1) is 12.2. The summed E-state index contributed by atoms with van der Waals surface area (Å²) in [6, 6.07) is 10.7. The average molecular weight is 244 g/mol. The third-order valence-electron chi connectivity index (χ3n) is 2.37. The molecule has 5 heteroatoms. The summed E-state index contributed by atoms with van der Waals surface area (Å²) >= 11 is 0. The van der Waals surface area contributed by atoms with E-state index in [1.54, 1.807) is 0 Å². The summed E-state index contributed by atoms with van der Waals surface area (Å²) in [5, 5.41) is 9.15. The maximum absolute atomic E-state index is 11.5. The fourth-order valence-electron chi connectivity index (χ4n) is 1.50. The lowest BCUT2D eigenvalue weighted by Crippen LogP contribution is -2.08. The van der Waals surface area contributed by atoms with Crippen LogP contribution in [0.15, 0.2) is 36.4 Å². The maximum atomic E-state index is 11.5. The molecule has 0 saturated carbocycles.